The van der Waals surface area contributed by atoms with Crippen LogP contribution in [0.15, 0.2) is 48.9 Å². The minimum Gasteiger partial charge on any atom is -0.318 e. The maximum absolute atomic E-state index is 12.8. The van der Waals surface area contributed by atoms with Gasteiger partial charge in [-0.2, -0.15) is 0 Å². The molecule has 5 rings (SSSR count). The third-order valence-electron chi connectivity index (χ3n) is 6.08. The lowest BCUT2D eigenvalue weighted by atomic mass is 9.74. The van der Waals surface area contributed by atoms with Crippen LogP contribution >= 0.6 is 0 Å². The number of amides is 2. The van der Waals surface area contributed by atoms with E-state index in [1.165, 1.54) is 6.42 Å². The number of anilines is 1. The van der Waals surface area contributed by atoms with Gasteiger partial charge in [-0.05, 0) is 67.5 Å². The molecule has 2 bridgehead atoms. The number of carbonyl (C=O) groups excluding carboxylic acids is 1. The molecule has 4 heterocycles. The molecule has 0 saturated carbocycles. The van der Waals surface area contributed by atoms with Crippen molar-refractivity contribution in [3.05, 3.63) is 54.5 Å². The number of benzene rings is 1. The zero-order valence-corrected chi connectivity index (χ0v) is 16.7. The van der Waals surface area contributed by atoms with Gasteiger partial charge >= 0.3 is 6.03 Å². The molecule has 2 aromatic heterocycles. The molecular formula is C23H27N5O. The van der Waals surface area contributed by atoms with E-state index in [2.05, 4.69) is 49.0 Å². The van der Waals surface area contributed by atoms with Crippen LogP contribution in [0.3, 0.4) is 0 Å². The van der Waals surface area contributed by atoms with Crippen LogP contribution in [0.1, 0.15) is 33.2 Å². The SMILES string of the molecule is C#N.Cc1ccc(NC(=O)N2C3CC(C)CC2C3)cc1-c1cnc2cccn2c1.[HH]. The Morgan fingerprint density at radius 1 is 1.24 bits per heavy atom. The number of rotatable bonds is 2. The lowest BCUT2D eigenvalue weighted by molar-refractivity contribution is -0.00600. The first-order valence-electron chi connectivity index (χ1n) is 9.97. The van der Waals surface area contributed by atoms with E-state index in [4.69, 9.17) is 5.26 Å². The van der Waals surface area contributed by atoms with E-state index in [0.717, 1.165) is 46.8 Å². The number of carbonyl (C=O) groups is 1. The van der Waals surface area contributed by atoms with Gasteiger partial charge < -0.3 is 14.6 Å². The maximum atomic E-state index is 12.8. The molecule has 2 fully saturated rings. The van der Waals surface area contributed by atoms with Crippen molar-refractivity contribution < 1.29 is 6.22 Å². The van der Waals surface area contributed by atoms with Crippen molar-refractivity contribution >= 4 is 17.4 Å². The third kappa shape index (κ3) is 3.44. The second kappa shape index (κ2) is 7.59. The van der Waals surface area contributed by atoms with Crippen molar-refractivity contribution in [2.24, 2.45) is 5.92 Å². The molecule has 0 spiro atoms. The number of nitriles is 1. The number of fused-ring (bicyclic) bond motifs is 3. The number of urea groups is 1. The van der Waals surface area contributed by atoms with Crippen LogP contribution in [0.5, 0.6) is 0 Å². The quantitative estimate of drug-likeness (QED) is 0.663. The number of aryl methyl sites for hydroxylation is 1. The van der Waals surface area contributed by atoms with Gasteiger partial charge in [0.1, 0.15) is 5.65 Å². The zero-order chi connectivity index (χ0) is 20.5. The molecule has 3 aromatic rings. The van der Waals surface area contributed by atoms with Crippen molar-refractivity contribution in [1.82, 2.24) is 14.3 Å². The number of piperidine rings is 1. The van der Waals surface area contributed by atoms with Crippen LogP contribution in [-0.2, 0) is 0 Å². The second-order valence-electron chi connectivity index (χ2n) is 8.10. The molecule has 2 aliphatic heterocycles. The number of hydrogen-bond acceptors (Lipinski definition) is 3. The molecule has 6 heteroatoms. The van der Waals surface area contributed by atoms with Gasteiger partial charge in [0.05, 0.1) is 0 Å². The van der Waals surface area contributed by atoms with Crippen LogP contribution in [-0.4, -0.2) is 32.4 Å². The van der Waals surface area contributed by atoms with Gasteiger partial charge in [0, 0.05) is 49.9 Å². The summed E-state index contributed by atoms with van der Waals surface area (Å²) in [5.74, 6) is 0.736. The summed E-state index contributed by atoms with van der Waals surface area (Å²) in [5.41, 5.74) is 5.07. The zero-order valence-electron chi connectivity index (χ0n) is 16.7. The van der Waals surface area contributed by atoms with Gasteiger partial charge in [0.25, 0.3) is 0 Å². The van der Waals surface area contributed by atoms with Gasteiger partial charge in [0.2, 0.25) is 0 Å². The summed E-state index contributed by atoms with van der Waals surface area (Å²) in [4.78, 5) is 19.3. The highest BCUT2D eigenvalue weighted by molar-refractivity contribution is 5.91. The van der Waals surface area contributed by atoms with Gasteiger partial charge in [0.15, 0.2) is 0 Å². The monoisotopic (exact) mass is 389 g/mol. The van der Waals surface area contributed by atoms with Crippen LogP contribution in [0.4, 0.5) is 10.5 Å². The van der Waals surface area contributed by atoms with Gasteiger partial charge in [-0.1, -0.05) is 13.0 Å². The Labute approximate surface area is 172 Å². The summed E-state index contributed by atoms with van der Waals surface area (Å²) < 4.78 is 2.02. The van der Waals surface area contributed by atoms with E-state index in [0.29, 0.717) is 12.1 Å². The topological polar surface area (TPSA) is 73.4 Å². The van der Waals surface area contributed by atoms with Crippen LogP contribution in [0.25, 0.3) is 16.8 Å². The molecule has 150 valence electrons. The van der Waals surface area contributed by atoms with Crippen molar-refractivity contribution in [2.75, 3.05) is 5.32 Å². The first kappa shape index (κ1) is 19.0. The Morgan fingerprint density at radius 2 is 2.00 bits per heavy atom. The Morgan fingerprint density at radius 3 is 2.76 bits per heavy atom. The van der Waals surface area contributed by atoms with Gasteiger partial charge in [-0.15, -0.1) is 0 Å². The molecule has 0 radical (unpaired) electrons. The molecule has 6 nitrogen and oxygen atoms in total. The Bertz CT molecular complexity index is 1060. The highest BCUT2D eigenvalue weighted by atomic mass is 16.2. The molecule has 1 aromatic carbocycles. The molecule has 0 aliphatic carbocycles. The molecule has 1 N–H and O–H groups in total. The van der Waals surface area contributed by atoms with E-state index in [9.17, 15) is 4.79 Å². The summed E-state index contributed by atoms with van der Waals surface area (Å²) in [7, 11) is 0. The molecule has 29 heavy (non-hydrogen) atoms. The lowest BCUT2D eigenvalue weighted by Gasteiger charge is -2.54. The molecule has 2 unspecified atom stereocenters. The van der Waals surface area contributed by atoms with E-state index < -0.39 is 0 Å². The predicted molar refractivity (Wildman–Crippen MR) is 116 cm³/mol. The summed E-state index contributed by atoms with van der Waals surface area (Å²) >= 11 is 0. The fraction of sp³-hybridized carbons (Fsp3) is 0.348. The van der Waals surface area contributed by atoms with Crippen molar-refractivity contribution in [1.29, 1.82) is 5.26 Å². The molecule has 2 atom stereocenters. The minimum atomic E-state index is 0. The summed E-state index contributed by atoms with van der Waals surface area (Å²) in [5, 5.41) is 9.62. The van der Waals surface area contributed by atoms with Crippen molar-refractivity contribution in [3.63, 3.8) is 0 Å². The largest absolute Gasteiger partial charge is 0.322 e. The number of nitrogens with zero attached hydrogens (tertiary/aromatic N) is 4. The molecule has 2 amide bonds. The minimum absolute atomic E-state index is 0. The number of hydrogen-bond donors (Lipinski definition) is 1. The van der Waals surface area contributed by atoms with Crippen molar-refractivity contribution in [3.8, 4) is 17.7 Å². The normalized spacial score (nSPS) is 22.3. The summed E-state index contributed by atoms with van der Waals surface area (Å²) in [6.07, 6.45) is 9.40. The first-order valence-corrected chi connectivity index (χ1v) is 9.97. The Balaban J connectivity index is 0.000000830. The highest BCUT2D eigenvalue weighted by Gasteiger charge is 2.46. The third-order valence-corrected chi connectivity index (χ3v) is 6.08. The maximum Gasteiger partial charge on any atom is 0.322 e. The van der Waals surface area contributed by atoms with Gasteiger partial charge in [-0.3, -0.25) is 0 Å². The number of aromatic nitrogens is 2. The summed E-state index contributed by atoms with van der Waals surface area (Å²) in [6, 6.07) is 10.9. The second-order valence-corrected chi connectivity index (χ2v) is 8.10. The van der Waals surface area contributed by atoms with E-state index in [1.54, 1.807) is 0 Å². The average molecular weight is 390 g/mol. The Hall–Kier alpha value is -3.33. The smallest absolute Gasteiger partial charge is 0.318 e. The van der Waals surface area contributed by atoms with Crippen LogP contribution < -0.4 is 5.32 Å². The fourth-order valence-electron chi connectivity index (χ4n) is 4.74. The molecule has 2 aliphatic rings. The first-order chi connectivity index (χ1) is 14.1. The Kier molecular flexibility index (Phi) is 4.98. The van der Waals surface area contributed by atoms with E-state index >= 15 is 0 Å². The molecule has 2 saturated heterocycles. The molecular weight excluding hydrogens is 362 g/mol. The van der Waals surface area contributed by atoms with Gasteiger partial charge in [-0.25, -0.2) is 15.0 Å². The standard InChI is InChI=1S/C22H24N4O.CHN.H2/c1-14-8-18-11-19(9-14)26(18)22(27)24-17-6-5-15(2)20(10-17)16-12-23-21-4-3-7-25(21)13-16;1-2;/h3-7,10,12-14,18-19H,8-9,11H2,1-2H3,(H,24,27);1H;1H. The average Bonchev–Trinajstić information content (AvgIpc) is 3.18. The predicted octanol–water partition coefficient (Wildman–Crippen LogP) is 5.10. The fourth-order valence-corrected chi connectivity index (χ4v) is 4.74. The van der Waals surface area contributed by atoms with Crippen molar-refractivity contribution in [2.45, 2.75) is 45.2 Å². The summed E-state index contributed by atoms with van der Waals surface area (Å²) in [6.45, 7) is 7.87. The lowest BCUT2D eigenvalue weighted by Crippen LogP contribution is -2.63. The van der Waals surface area contributed by atoms with E-state index in [1.807, 2.05) is 39.9 Å². The van der Waals surface area contributed by atoms with E-state index in [-0.39, 0.29) is 7.46 Å². The number of nitrogens with one attached hydrogen (secondary N) is 1. The van der Waals surface area contributed by atoms with Crippen LogP contribution in [0, 0.1) is 24.7 Å². The van der Waals surface area contributed by atoms with Crippen LogP contribution in [0.2, 0.25) is 0 Å². The highest BCUT2D eigenvalue weighted by Crippen LogP contribution is 2.41.